The first-order valence-corrected chi connectivity index (χ1v) is 4.87. The number of esters is 1. The minimum absolute atomic E-state index is 0.310. The van der Waals surface area contributed by atoms with E-state index < -0.39 is 5.97 Å². The van der Waals surface area contributed by atoms with E-state index >= 15 is 0 Å². The number of aldehydes is 1. The average molecular weight is 205 g/mol. The van der Waals surface area contributed by atoms with Crippen molar-refractivity contribution in [3.8, 4) is 5.75 Å². The van der Waals surface area contributed by atoms with Crippen LogP contribution in [0.2, 0.25) is 0 Å². The molecule has 0 saturated heterocycles. The Hall–Kier alpha value is -1.64. The molecular formula is C12H13O3. The maximum atomic E-state index is 11.2. The molecule has 0 bridgehead atoms. The van der Waals surface area contributed by atoms with E-state index in [9.17, 15) is 9.59 Å². The lowest BCUT2D eigenvalue weighted by Gasteiger charge is -2.05. The fourth-order valence-electron chi connectivity index (χ4n) is 1.08. The number of benzene rings is 1. The van der Waals surface area contributed by atoms with Crippen LogP contribution in [0.1, 0.15) is 30.1 Å². The van der Waals surface area contributed by atoms with Gasteiger partial charge in [-0.05, 0) is 18.6 Å². The predicted octanol–water partition coefficient (Wildman–Crippen LogP) is 2.41. The fourth-order valence-corrected chi connectivity index (χ4v) is 1.08. The Labute approximate surface area is 89.1 Å². The van der Waals surface area contributed by atoms with E-state index in [1.807, 2.05) is 6.92 Å². The highest BCUT2D eigenvalue weighted by atomic mass is 16.5. The van der Waals surface area contributed by atoms with Crippen LogP contribution in [0.4, 0.5) is 0 Å². The molecule has 0 aliphatic carbocycles. The number of unbranched alkanes of at least 4 members (excludes halogenated alkanes) is 1. The average Bonchev–Trinajstić information content (AvgIpc) is 2.27. The Morgan fingerprint density at radius 3 is 2.80 bits per heavy atom. The van der Waals surface area contributed by atoms with Gasteiger partial charge in [-0.1, -0.05) is 25.5 Å². The van der Waals surface area contributed by atoms with Crippen molar-refractivity contribution in [1.82, 2.24) is 0 Å². The molecule has 0 fully saturated rings. The second-order valence-electron chi connectivity index (χ2n) is 3.07. The van der Waals surface area contributed by atoms with Gasteiger partial charge in [-0.2, -0.15) is 0 Å². The van der Waals surface area contributed by atoms with Gasteiger partial charge in [0.05, 0.1) is 12.0 Å². The van der Waals surface area contributed by atoms with Crippen molar-refractivity contribution in [2.24, 2.45) is 0 Å². The predicted molar refractivity (Wildman–Crippen MR) is 56.7 cm³/mol. The molecule has 0 unspecified atom stereocenters. The summed E-state index contributed by atoms with van der Waals surface area (Å²) < 4.78 is 5.01. The molecule has 3 heteroatoms. The number of para-hydroxylation sites is 1. The second-order valence-corrected chi connectivity index (χ2v) is 3.07. The van der Waals surface area contributed by atoms with Crippen molar-refractivity contribution in [1.29, 1.82) is 0 Å². The molecule has 1 aromatic carbocycles. The van der Waals surface area contributed by atoms with Gasteiger partial charge in [0.15, 0.2) is 6.29 Å². The van der Waals surface area contributed by atoms with Gasteiger partial charge in [0.25, 0.3) is 0 Å². The zero-order valence-corrected chi connectivity index (χ0v) is 8.60. The fraction of sp³-hybridized carbons (Fsp3) is 0.250. The third-order valence-corrected chi connectivity index (χ3v) is 1.86. The number of hydrogen-bond acceptors (Lipinski definition) is 3. The maximum Gasteiger partial charge on any atom is 0.315 e. The second kappa shape index (κ2) is 5.96. The van der Waals surface area contributed by atoms with Crippen molar-refractivity contribution in [2.75, 3.05) is 0 Å². The van der Waals surface area contributed by atoms with E-state index in [1.54, 1.807) is 24.3 Å². The summed E-state index contributed by atoms with van der Waals surface area (Å²) in [5.41, 5.74) is 0.385. The molecule has 1 aromatic rings. The molecule has 3 nitrogen and oxygen atoms in total. The number of carbonyl (C=O) groups is 2. The molecule has 1 rings (SSSR count). The number of hydrogen-bond donors (Lipinski definition) is 0. The third kappa shape index (κ3) is 3.54. The highest BCUT2D eigenvalue weighted by Gasteiger charge is 2.07. The minimum atomic E-state index is -0.411. The van der Waals surface area contributed by atoms with Crippen LogP contribution < -0.4 is 4.74 Å². The van der Waals surface area contributed by atoms with Crippen molar-refractivity contribution in [3.63, 3.8) is 0 Å². The number of carbonyl (C=O) groups excluding carboxylic acids is 2. The monoisotopic (exact) mass is 205 g/mol. The summed E-state index contributed by atoms with van der Waals surface area (Å²) in [5.74, 6) is -0.101. The van der Waals surface area contributed by atoms with E-state index in [1.165, 1.54) is 6.42 Å². The van der Waals surface area contributed by atoms with Gasteiger partial charge >= 0.3 is 5.97 Å². The molecule has 0 spiro atoms. The highest BCUT2D eigenvalue weighted by molar-refractivity contribution is 5.85. The molecule has 0 heterocycles. The summed E-state index contributed by atoms with van der Waals surface area (Å²) in [4.78, 5) is 21.9. The highest BCUT2D eigenvalue weighted by Crippen LogP contribution is 2.16. The molecule has 0 atom stereocenters. The third-order valence-electron chi connectivity index (χ3n) is 1.86. The topological polar surface area (TPSA) is 43.4 Å². The van der Waals surface area contributed by atoms with Crippen LogP contribution in [-0.2, 0) is 4.79 Å². The van der Waals surface area contributed by atoms with Crippen molar-refractivity contribution < 1.29 is 14.3 Å². The number of ether oxygens (including phenoxy) is 1. The maximum absolute atomic E-state index is 11.2. The molecule has 0 saturated carbocycles. The van der Waals surface area contributed by atoms with Crippen molar-refractivity contribution in [3.05, 3.63) is 36.2 Å². The van der Waals surface area contributed by atoms with Gasteiger partial charge in [0, 0.05) is 0 Å². The van der Waals surface area contributed by atoms with Gasteiger partial charge in [-0.3, -0.25) is 9.59 Å². The molecule has 0 aromatic heterocycles. The SMILES string of the molecule is CCC[CH]C(=O)Oc1ccccc1C=O. The standard InChI is InChI=1S/C12H13O3/c1-2-3-8-12(14)15-11-7-5-4-6-10(11)9-13/h4-9H,2-3H2,1H3. The van der Waals surface area contributed by atoms with Gasteiger partial charge in [0.1, 0.15) is 5.75 Å². The van der Waals surface area contributed by atoms with Gasteiger partial charge < -0.3 is 4.74 Å². The summed E-state index contributed by atoms with van der Waals surface area (Å²) in [5, 5.41) is 0. The van der Waals surface area contributed by atoms with Crippen LogP contribution >= 0.6 is 0 Å². The zero-order chi connectivity index (χ0) is 11.1. The van der Waals surface area contributed by atoms with Crippen molar-refractivity contribution in [2.45, 2.75) is 19.8 Å². The van der Waals surface area contributed by atoms with Gasteiger partial charge in [-0.15, -0.1) is 0 Å². The Balaban J connectivity index is 2.63. The molecule has 0 N–H and O–H groups in total. The molecule has 0 aliphatic heterocycles. The van der Waals surface area contributed by atoms with Crippen molar-refractivity contribution >= 4 is 12.3 Å². The first-order valence-electron chi connectivity index (χ1n) is 4.87. The van der Waals surface area contributed by atoms with Crippen LogP contribution in [0.15, 0.2) is 24.3 Å². The Morgan fingerprint density at radius 1 is 1.40 bits per heavy atom. The molecule has 0 aliphatic rings. The minimum Gasteiger partial charge on any atom is -0.426 e. The summed E-state index contributed by atoms with van der Waals surface area (Å²) in [7, 11) is 0. The quantitative estimate of drug-likeness (QED) is 0.421. The first-order chi connectivity index (χ1) is 7.27. The molecule has 1 radical (unpaired) electrons. The Morgan fingerprint density at radius 2 is 2.13 bits per heavy atom. The van der Waals surface area contributed by atoms with E-state index in [0.717, 1.165) is 6.42 Å². The zero-order valence-electron chi connectivity index (χ0n) is 8.60. The Bertz CT molecular complexity index is 344. The smallest absolute Gasteiger partial charge is 0.315 e. The lowest BCUT2D eigenvalue weighted by Crippen LogP contribution is -2.09. The van der Waals surface area contributed by atoms with Crippen LogP contribution in [0, 0.1) is 6.42 Å². The van der Waals surface area contributed by atoms with E-state index in [4.69, 9.17) is 4.74 Å². The Kier molecular flexibility index (Phi) is 4.54. The molecule has 0 amide bonds. The van der Waals surface area contributed by atoms with Gasteiger partial charge in [0.2, 0.25) is 0 Å². The van der Waals surface area contributed by atoms with E-state index in [-0.39, 0.29) is 0 Å². The van der Waals surface area contributed by atoms with E-state index in [0.29, 0.717) is 24.0 Å². The largest absolute Gasteiger partial charge is 0.426 e. The van der Waals surface area contributed by atoms with E-state index in [2.05, 4.69) is 0 Å². The lowest BCUT2D eigenvalue weighted by atomic mass is 10.2. The van der Waals surface area contributed by atoms with Crippen LogP contribution in [0.5, 0.6) is 5.75 Å². The first kappa shape index (κ1) is 11.4. The molecular weight excluding hydrogens is 192 g/mol. The summed E-state index contributed by atoms with van der Waals surface area (Å²) in [6, 6.07) is 6.64. The van der Waals surface area contributed by atoms with Crippen LogP contribution in [0.25, 0.3) is 0 Å². The summed E-state index contributed by atoms with van der Waals surface area (Å²) in [6.07, 6.45) is 3.72. The normalized spacial score (nSPS) is 9.67. The van der Waals surface area contributed by atoms with Crippen LogP contribution in [0.3, 0.4) is 0 Å². The summed E-state index contributed by atoms with van der Waals surface area (Å²) >= 11 is 0. The lowest BCUT2D eigenvalue weighted by molar-refractivity contribution is -0.130. The molecule has 15 heavy (non-hydrogen) atoms. The molecule has 79 valence electrons. The number of rotatable bonds is 5. The summed E-state index contributed by atoms with van der Waals surface area (Å²) in [6.45, 7) is 1.98. The van der Waals surface area contributed by atoms with Gasteiger partial charge in [-0.25, -0.2) is 0 Å². The van der Waals surface area contributed by atoms with Crippen LogP contribution in [-0.4, -0.2) is 12.3 Å².